The number of carbonyl (C=O) groups excluding carboxylic acids is 1. The topological polar surface area (TPSA) is 35.9 Å². The average Bonchev–Trinajstić information content (AvgIpc) is 3.02. The molecule has 0 N–H and O–H groups in total. The molecule has 4 rings (SSSR count). The van der Waals surface area contributed by atoms with E-state index in [1.165, 1.54) is 28.6 Å². The lowest BCUT2D eigenvalue weighted by Gasteiger charge is -2.41. The van der Waals surface area contributed by atoms with Gasteiger partial charge in [0.05, 0.1) is 16.1 Å². The maximum absolute atomic E-state index is 13.1. The number of aliphatic imine (C=N–C) groups is 1. The van der Waals surface area contributed by atoms with Crippen molar-refractivity contribution in [2.75, 3.05) is 18.5 Å². The van der Waals surface area contributed by atoms with Gasteiger partial charge in [-0.2, -0.15) is 0 Å². The van der Waals surface area contributed by atoms with Crippen LogP contribution in [0.15, 0.2) is 58.4 Å². The summed E-state index contributed by atoms with van der Waals surface area (Å²) < 4.78 is 0. The molecule has 0 atom stereocenters. The number of benzene rings is 2. The van der Waals surface area contributed by atoms with Crippen molar-refractivity contribution in [2.45, 2.75) is 40.2 Å². The van der Waals surface area contributed by atoms with Crippen molar-refractivity contribution in [1.29, 1.82) is 0 Å². The van der Waals surface area contributed by atoms with Crippen LogP contribution in [0.25, 0.3) is 11.6 Å². The number of anilines is 1. The number of rotatable bonds is 3. The number of likely N-dealkylation sites (N-methyl/N-ethyl adjacent to an activating group) is 2. The third-order valence-electron chi connectivity index (χ3n) is 6.08. The third-order valence-corrected chi connectivity index (χ3v) is 7.08. The van der Waals surface area contributed by atoms with Crippen LogP contribution in [-0.2, 0) is 4.79 Å². The molecule has 2 heterocycles. The Morgan fingerprint density at radius 2 is 1.84 bits per heavy atom. The van der Waals surface area contributed by atoms with E-state index in [1.54, 1.807) is 4.90 Å². The summed E-state index contributed by atoms with van der Waals surface area (Å²) in [4.78, 5) is 22.6. The van der Waals surface area contributed by atoms with Gasteiger partial charge >= 0.3 is 0 Å². The Labute approximate surface area is 189 Å². The molecule has 1 amide bonds. The fraction of sp³-hybridized carbons (Fsp3) is 0.308. The number of hydrogen-bond acceptors (Lipinski definition) is 4. The molecule has 4 nitrogen and oxygen atoms in total. The van der Waals surface area contributed by atoms with E-state index in [0.29, 0.717) is 11.4 Å². The van der Waals surface area contributed by atoms with Gasteiger partial charge in [0.15, 0.2) is 5.17 Å². The molecule has 2 aliphatic rings. The molecule has 2 aliphatic heterocycles. The molecule has 160 valence electrons. The first kappa shape index (κ1) is 21.4. The molecule has 1 fully saturated rings. The number of amidine groups is 1. The van der Waals surface area contributed by atoms with E-state index >= 15 is 0 Å². The maximum Gasteiger partial charge on any atom is 0.266 e. The number of hydrogen-bond donors (Lipinski definition) is 0. The Bertz CT molecular complexity index is 1130. The second-order valence-corrected chi connectivity index (χ2v) is 9.67. The highest BCUT2D eigenvalue weighted by Gasteiger charge is 2.33. The van der Waals surface area contributed by atoms with Crippen LogP contribution in [0.2, 0.25) is 0 Å². The van der Waals surface area contributed by atoms with Crippen LogP contribution in [0.4, 0.5) is 11.4 Å². The summed E-state index contributed by atoms with van der Waals surface area (Å²) in [6.45, 7) is 11.3. The maximum atomic E-state index is 13.1. The van der Waals surface area contributed by atoms with Crippen molar-refractivity contribution in [1.82, 2.24) is 4.90 Å². The molecule has 0 bridgehead atoms. The standard InChI is InChI=1S/C26H29N3OS/c1-7-29-24(30)23(31-25(29)27-20-11-9-8-10-12-20)15-19-14-21-18(3)16-26(4,5)28(6)22(21)13-17(19)2/h8-16H,7H2,1-6H3/b23-15-,27-25?. The van der Waals surface area contributed by atoms with Gasteiger partial charge in [-0.1, -0.05) is 24.3 Å². The first-order valence-corrected chi connectivity index (χ1v) is 11.5. The van der Waals surface area contributed by atoms with E-state index in [9.17, 15) is 4.79 Å². The molecule has 31 heavy (non-hydrogen) atoms. The van der Waals surface area contributed by atoms with Crippen LogP contribution >= 0.6 is 11.8 Å². The van der Waals surface area contributed by atoms with Crippen LogP contribution in [0.3, 0.4) is 0 Å². The molecule has 0 radical (unpaired) electrons. The van der Waals surface area contributed by atoms with Gasteiger partial charge in [-0.15, -0.1) is 0 Å². The van der Waals surface area contributed by atoms with Gasteiger partial charge in [-0.3, -0.25) is 9.69 Å². The van der Waals surface area contributed by atoms with Crippen LogP contribution in [0, 0.1) is 6.92 Å². The summed E-state index contributed by atoms with van der Waals surface area (Å²) in [5, 5.41) is 0.734. The van der Waals surface area contributed by atoms with Crippen molar-refractivity contribution in [3.8, 4) is 0 Å². The van der Waals surface area contributed by atoms with E-state index in [-0.39, 0.29) is 11.4 Å². The predicted octanol–water partition coefficient (Wildman–Crippen LogP) is 6.25. The Balaban J connectivity index is 1.73. The number of thioether (sulfide) groups is 1. The molecule has 5 heteroatoms. The van der Waals surface area contributed by atoms with Crippen molar-refractivity contribution in [3.05, 3.63) is 70.1 Å². The Kier molecular flexibility index (Phi) is 5.56. The second-order valence-electron chi connectivity index (χ2n) is 8.66. The zero-order valence-electron chi connectivity index (χ0n) is 19.1. The molecular weight excluding hydrogens is 402 g/mol. The van der Waals surface area contributed by atoms with Crippen LogP contribution in [0.5, 0.6) is 0 Å². The van der Waals surface area contributed by atoms with Crippen molar-refractivity contribution >= 4 is 45.9 Å². The molecule has 0 unspecified atom stereocenters. The van der Waals surface area contributed by atoms with Crippen LogP contribution < -0.4 is 4.90 Å². The molecule has 0 spiro atoms. The molecule has 0 aliphatic carbocycles. The first-order chi connectivity index (χ1) is 14.7. The lowest BCUT2D eigenvalue weighted by atomic mass is 9.87. The molecular formula is C26H29N3OS. The summed E-state index contributed by atoms with van der Waals surface area (Å²) >= 11 is 1.45. The van der Waals surface area contributed by atoms with E-state index in [4.69, 9.17) is 4.99 Å². The fourth-order valence-electron chi connectivity index (χ4n) is 4.10. The highest BCUT2D eigenvalue weighted by molar-refractivity contribution is 8.18. The van der Waals surface area contributed by atoms with E-state index in [0.717, 1.165) is 22.0 Å². The number of aryl methyl sites for hydroxylation is 1. The van der Waals surface area contributed by atoms with Crippen molar-refractivity contribution < 1.29 is 4.79 Å². The number of fused-ring (bicyclic) bond motifs is 1. The second kappa shape index (κ2) is 8.04. The summed E-state index contributed by atoms with van der Waals surface area (Å²) in [5.74, 6) is 0.0183. The van der Waals surface area contributed by atoms with Gasteiger partial charge in [-0.05, 0) is 93.4 Å². The number of para-hydroxylation sites is 1. The minimum Gasteiger partial charge on any atom is -0.365 e. The zero-order chi connectivity index (χ0) is 22.3. The van der Waals surface area contributed by atoms with Gasteiger partial charge in [-0.25, -0.2) is 4.99 Å². The largest absolute Gasteiger partial charge is 0.365 e. The summed E-state index contributed by atoms with van der Waals surface area (Å²) in [5.41, 5.74) is 6.79. The molecule has 0 saturated carbocycles. The van der Waals surface area contributed by atoms with Crippen LogP contribution in [0.1, 0.15) is 44.4 Å². The Morgan fingerprint density at radius 3 is 2.52 bits per heavy atom. The average molecular weight is 432 g/mol. The lowest BCUT2D eigenvalue weighted by Crippen LogP contribution is -2.42. The summed E-state index contributed by atoms with van der Waals surface area (Å²) in [6, 6.07) is 14.2. The Hall–Kier alpha value is -2.79. The normalized spacial score (nSPS) is 20.5. The number of amides is 1. The van der Waals surface area contributed by atoms with Crippen molar-refractivity contribution in [2.24, 2.45) is 4.99 Å². The van der Waals surface area contributed by atoms with E-state index < -0.39 is 0 Å². The minimum absolute atomic E-state index is 0.0183. The summed E-state index contributed by atoms with van der Waals surface area (Å²) in [7, 11) is 2.14. The first-order valence-electron chi connectivity index (χ1n) is 10.6. The number of allylic oxidation sites excluding steroid dienone is 1. The molecule has 1 saturated heterocycles. The summed E-state index contributed by atoms with van der Waals surface area (Å²) in [6.07, 6.45) is 4.33. The highest BCUT2D eigenvalue weighted by atomic mass is 32.2. The Morgan fingerprint density at radius 1 is 1.13 bits per heavy atom. The molecule has 2 aromatic rings. The minimum atomic E-state index is -0.0226. The zero-order valence-corrected chi connectivity index (χ0v) is 19.9. The highest BCUT2D eigenvalue weighted by Crippen LogP contribution is 2.41. The van der Waals surface area contributed by atoms with Gasteiger partial charge < -0.3 is 4.90 Å². The van der Waals surface area contributed by atoms with E-state index in [1.807, 2.05) is 43.3 Å². The van der Waals surface area contributed by atoms with Crippen LogP contribution in [-0.4, -0.2) is 35.1 Å². The van der Waals surface area contributed by atoms with E-state index in [2.05, 4.69) is 57.9 Å². The van der Waals surface area contributed by atoms with Crippen molar-refractivity contribution in [3.63, 3.8) is 0 Å². The third kappa shape index (κ3) is 3.94. The van der Waals surface area contributed by atoms with Gasteiger partial charge in [0, 0.05) is 24.8 Å². The number of carbonyl (C=O) groups is 1. The predicted molar refractivity (Wildman–Crippen MR) is 134 cm³/mol. The molecule has 0 aromatic heterocycles. The smallest absolute Gasteiger partial charge is 0.266 e. The van der Waals surface area contributed by atoms with Gasteiger partial charge in [0.1, 0.15) is 0 Å². The fourth-order valence-corrected chi connectivity index (χ4v) is 5.15. The van der Waals surface area contributed by atoms with Gasteiger partial charge in [0.2, 0.25) is 0 Å². The SMILES string of the molecule is CCN1C(=O)/C(=C/c2cc3c(cc2C)N(C)C(C)(C)C=C3C)SC1=Nc1ccccc1. The monoisotopic (exact) mass is 431 g/mol. The van der Waals surface area contributed by atoms with Gasteiger partial charge in [0.25, 0.3) is 5.91 Å². The lowest BCUT2D eigenvalue weighted by molar-refractivity contribution is -0.122. The quantitative estimate of drug-likeness (QED) is 0.539. The number of nitrogens with zero attached hydrogens (tertiary/aromatic N) is 3. The molecule has 2 aromatic carbocycles.